The molecule has 152 valence electrons. The molecule has 0 bridgehead atoms. The molecule has 2 N–H and O–H groups in total. The summed E-state index contributed by atoms with van der Waals surface area (Å²) in [6.45, 7) is 2.10. The molecule has 7 nitrogen and oxygen atoms in total. The predicted molar refractivity (Wildman–Crippen MR) is 112 cm³/mol. The van der Waals surface area contributed by atoms with Crippen molar-refractivity contribution in [3.05, 3.63) is 57.0 Å². The smallest absolute Gasteiger partial charge is 0.228 e. The molecule has 0 fully saturated rings. The number of nitrogens with two attached hydrogens (primary N) is 1. The van der Waals surface area contributed by atoms with Crippen LogP contribution in [-0.2, 0) is 11.4 Å². The van der Waals surface area contributed by atoms with Gasteiger partial charge in [0.15, 0.2) is 12.4 Å². The number of amidine groups is 1. The van der Waals surface area contributed by atoms with Crippen LogP contribution in [0.25, 0.3) is 10.9 Å². The maximum absolute atomic E-state index is 13.8. The van der Waals surface area contributed by atoms with Gasteiger partial charge in [0, 0.05) is 23.7 Å². The lowest BCUT2D eigenvalue weighted by molar-refractivity contribution is 0.0777. The lowest BCUT2D eigenvalue weighted by atomic mass is 10.1. The van der Waals surface area contributed by atoms with E-state index in [1.54, 1.807) is 22.9 Å². The number of aromatic nitrogens is 2. The highest BCUT2D eigenvalue weighted by molar-refractivity contribution is 9.10. The first kappa shape index (κ1) is 21.1. The van der Waals surface area contributed by atoms with E-state index in [-0.39, 0.29) is 23.2 Å². The third kappa shape index (κ3) is 4.35. The van der Waals surface area contributed by atoms with Crippen LogP contribution in [-0.4, -0.2) is 34.9 Å². The number of rotatable bonds is 7. The summed E-state index contributed by atoms with van der Waals surface area (Å²) in [4.78, 5) is 21.9. The quantitative estimate of drug-likeness (QED) is 0.236. The van der Waals surface area contributed by atoms with Crippen LogP contribution in [0.1, 0.15) is 23.0 Å². The fourth-order valence-corrected chi connectivity index (χ4v) is 3.31. The topological polar surface area (TPSA) is 91.7 Å². The molecule has 2 aromatic heterocycles. The van der Waals surface area contributed by atoms with E-state index in [0.29, 0.717) is 39.1 Å². The average molecular weight is 484 g/mol. The van der Waals surface area contributed by atoms with Crippen molar-refractivity contribution < 1.29 is 18.8 Å². The minimum absolute atomic E-state index is 0.00954. The van der Waals surface area contributed by atoms with Gasteiger partial charge in [-0.3, -0.25) is 4.79 Å². The van der Waals surface area contributed by atoms with E-state index in [0.717, 1.165) is 0 Å². The number of carbonyl (C=O) groups is 1. The summed E-state index contributed by atoms with van der Waals surface area (Å²) in [6, 6.07) is 6.07. The fourth-order valence-electron chi connectivity index (χ4n) is 2.76. The molecule has 0 saturated carbocycles. The summed E-state index contributed by atoms with van der Waals surface area (Å²) in [6.07, 6.45) is 1.64. The average Bonchev–Trinajstić information content (AvgIpc) is 3.06. The molecule has 3 rings (SSSR count). The zero-order valence-corrected chi connectivity index (χ0v) is 17.9. The van der Waals surface area contributed by atoms with Gasteiger partial charge in [0.2, 0.25) is 11.7 Å². The number of aryl methyl sites for hydroxylation is 1. The molecule has 29 heavy (non-hydrogen) atoms. The second-order valence-corrected chi connectivity index (χ2v) is 7.23. The zero-order valence-electron chi connectivity index (χ0n) is 15.6. The molecule has 0 radical (unpaired) electrons. The molecular weight excluding hydrogens is 467 g/mol. The number of ketones is 1. The summed E-state index contributed by atoms with van der Waals surface area (Å²) in [5.74, 6) is -0.558. The van der Waals surface area contributed by atoms with Gasteiger partial charge in [-0.15, -0.1) is 0 Å². The van der Waals surface area contributed by atoms with Crippen LogP contribution in [0.5, 0.6) is 5.88 Å². The Labute approximate surface area is 179 Å². The Hall–Kier alpha value is -2.65. The van der Waals surface area contributed by atoms with E-state index in [1.165, 1.54) is 19.2 Å². The Morgan fingerprint density at radius 2 is 2.17 bits per heavy atom. The molecule has 0 unspecified atom stereocenters. The number of hydrogen-bond acceptors (Lipinski definition) is 5. The molecule has 0 atom stereocenters. The highest BCUT2D eigenvalue weighted by Gasteiger charge is 2.17. The number of fused-ring (bicyclic) bond motifs is 1. The van der Waals surface area contributed by atoms with E-state index in [1.807, 2.05) is 6.92 Å². The van der Waals surface area contributed by atoms with E-state index >= 15 is 0 Å². The van der Waals surface area contributed by atoms with Crippen molar-refractivity contribution in [2.45, 2.75) is 13.5 Å². The van der Waals surface area contributed by atoms with Gasteiger partial charge in [0.25, 0.3) is 0 Å². The molecule has 3 aromatic rings. The van der Waals surface area contributed by atoms with Crippen molar-refractivity contribution in [1.82, 2.24) is 9.55 Å². The third-order valence-corrected chi connectivity index (χ3v) is 5.09. The van der Waals surface area contributed by atoms with Gasteiger partial charge in [-0.25, -0.2) is 9.37 Å². The second-order valence-electron chi connectivity index (χ2n) is 5.97. The Morgan fingerprint density at radius 1 is 1.41 bits per heavy atom. The second kappa shape index (κ2) is 8.79. The number of nitrogens with zero attached hydrogens (tertiary/aromatic N) is 3. The Kier molecular flexibility index (Phi) is 6.39. The molecule has 1 aromatic carbocycles. The van der Waals surface area contributed by atoms with Crippen LogP contribution < -0.4 is 10.5 Å². The molecule has 0 spiro atoms. The number of carbonyl (C=O) groups excluding carboxylic acids is 1. The fraction of sp³-hybridized carbons (Fsp3) is 0.211. The molecule has 2 heterocycles. The summed E-state index contributed by atoms with van der Waals surface area (Å²) >= 11 is 9.18. The number of hydrogen-bond donors (Lipinski definition) is 1. The Balaban J connectivity index is 1.79. The van der Waals surface area contributed by atoms with Crippen LogP contribution in [0.15, 0.2) is 40.1 Å². The summed E-state index contributed by atoms with van der Waals surface area (Å²) in [5.41, 5.74) is 7.14. The van der Waals surface area contributed by atoms with Crippen LogP contribution in [0.4, 0.5) is 4.39 Å². The first-order valence-electron chi connectivity index (χ1n) is 8.53. The SMILES string of the molecule is CCn1cc(C(=O)CO/N=C(\N)c2ccc(Br)c(OC)n2)c2cc(Cl)c(F)cc21. The minimum atomic E-state index is -0.544. The summed E-state index contributed by atoms with van der Waals surface area (Å²) in [7, 11) is 1.48. The van der Waals surface area contributed by atoms with Crippen molar-refractivity contribution in [2.24, 2.45) is 10.9 Å². The predicted octanol–water partition coefficient (Wildman–Crippen LogP) is 4.14. The van der Waals surface area contributed by atoms with Crippen LogP contribution in [0.3, 0.4) is 0 Å². The first-order chi connectivity index (χ1) is 13.8. The number of oxime groups is 1. The highest BCUT2D eigenvalue weighted by atomic mass is 79.9. The summed E-state index contributed by atoms with van der Waals surface area (Å²) in [5, 5.41) is 4.24. The Morgan fingerprint density at radius 3 is 2.86 bits per heavy atom. The van der Waals surface area contributed by atoms with Gasteiger partial charge in [0.05, 0.1) is 22.1 Å². The maximum atomic E-state index is 13.8. The summed E-state index contributed by atoms with van der Waals surface area (Å²) < 4.78 is 21.3. The Bertz CT molecular complexity index is 1120. The lowest BCUT2D eigenvalue weighted by Crippen LogP contribution is -2.17. The number of halogens is 3. The lowest BCUT2D eigenvalue weighted by Gasteiger charge is -2.05. The molecular formula is C19H17BrClFN4O3. The monoisotopic (exact) mass is 482 g/mol. The van der Waals surface area contributed by atoms with Gasteiger partial charge in [0.1, 0.15) is 11.5 Å². The van der Waals surface area contributed by atoms with Crippen molar-refractivity contribution in [1.29, 1.82) is 0 Å². The van der Waals surface area contributed by atoms with Crippen LogP contribution in [0.2, 0.25) is 5.02 Å². The zero-order chi connectivity index (χ0) is 21.1. The number of Topliss-reactive ketones (excluding diaryl/α,β-unsaturated/α-hetero) is 1. The molecule has 10 heteroatoms. The third-order valence-electron chi connectivity index (χ3n) is 4.19. The normalized spacial score (nSPS) is 11.7. The largest absolute Gasteiger partial charge is 0.480 e. The van der Waals surface area contributed by atoms with Gasteiger partial charge in [-0.05, 0) is 47.1 Å². The molecule has 0 saturated heterocycles. The van der Waals surface area contributed by atoms with Crippen molar-refractivity contribution >= 4 is 50.1 Å². The number of ether oxygens (including phenoxy) is 1. The van der Waals surface area contributed by atoms with E-state index in [2.05, 4.69) is 26.1 Å². The van der Waals surface area contributed by atoms with Crippen LogP contribution in [0, 0.1) is 5.82 Å². The molecule has 0 aliphatic carbocycles. The maximum Gasteiger partial charge on any atom is 0.228 e. The van der Waals surface area contributed by atoms with E-state index in [4.69, 9.17) is 26.9 Å². The van der Waals surface area contributed by atoms with E-state index < -0.39 is 5.82 Å². The van der Waals surface area contributed by atoms with Crippen molar-refractivity contribution in [3.63, 3.8) is 0 Å². The van der Waals surface area contributed by atoms with Gasteiger partial charge < -0.3 is 19.9 Å². The minimum Gasteiger partial charge on any atom is -0.480 e. The van der Waals surface area contributed by atoms with Crippen molar-refractivity contribution in [3.8, 4) is 5.88 Å². The molecule has 0 aliphatic rings. The first-order valence-corrected chi connectivity index (χ1v) is 9.70. The van der Waals surface area contributed by atoms with E-state index in [9.17, 15) is 9.18 Å². The highest BCUT2D eigenvalue weighted by Crippen LogP contribution is 2.28. The number of benzene rings is 1. The number of pyridine rings is 1. The van der Waals surface area contributed by atoms with Crippen molar-refractivity contribution in [2.75, 3.05) is 13.7 Å². The molecule has 0 amide bonds. The molecule has 0 aliphatic heterocycles. The van der Waals surface area contributed by atoms with Crippen LogP contribution >= 0.6 is 27.5 Å². The van der Waals surface area contributed by atoms with Gasteiger partial charge in [-0.1, -0.05) is 16.8 Å². The van der Waals surface area contributed by atoms with Gasteiger partial charge in [-0.2, -0.15) is 0 Å². The standard InChI is InChI=1S/C19H17BrClFN4O3/c1-3-26-8-11(10-6-13(21)14(22)7-16(10)26)17(27)9-29-25-18(23)15-5-4-12(20)19(24-15)28-2/h4-8H,3,9H2,1-2H3,(H2,23,25). The van der Waals surface area contributed by atoms with Gasteiger partial charge >= 0.3 is 0 Å². The number of methoxy groups -OCH3 is 1.